The van der Waals surface area contributed by atoms with Crippen LogP contribution < -0.4 is 9.47 Å². The zero-order chi connectivity index (χ0) is 23.7. The molecule has 8 heteroatoms. The number of methoxy groups -OCH3 is 1. The van der Waals surface area contributed by atoms with Crippen molar-refractivity contribution in [2.75, 3.05) is 13.7 Å². The summed E-state index contributed by atoms with van der Waals surface area (Å²) in [5.74, 6) is 1.16. The van der Waals surface area contributed by atoms with Gasteiger partial charge in [0.15, 0.2) is 5.78 Å². The van der Waals surface area contributed by atoms with Crippen LogP contribution in [0.5, 0.6) is 11.6 Å². The van der Waals surface area contributed by atoms with E-state index < -0.39 is 0 Å². The molecule has 0 saturated carbocycles. The third-order valence-corrected chi connectivity index (χ3v) is 6.65. The van der Waals surface area contributed by atoms with Gasteiger partial charge in [0.1, 0.15) is 5.75 Å². The van der Waals surface area contributed by atoms with E-state index in [0.29, 0.717) is 29.5 Å². The van der Waals surface area contributed by atoms with Crippen LogP contribution in [-0.4, -0.2) is 39.2 Å². The number of hydrogen-bond acceptors (Lipinski definition) is 5. The van der Waals surface area contributed by atoms with E-state index in [-0.39, 0.29) is 11.7 Å². The molecule has 0 bridgehead atoms. The van der Waals surface area contributed by atoms with Crippen molar-refractivity contribution in [3.05, 3.63) is 59.0 Å². The van der Waals surface area contributed by atoms with Gasteiger partial charge in [-0.25, -0.2) is 5.10 Å². The molecular formula is C26H27ClN4O3. The molecule has 7 nitrogen and oxygen atoms in total. The highest BCUT2D eigenvalue weighted by atomic mass is 35.5. The fraction of sp³-hybridized carbons (Fsp3) is 0.346. The Bertz CT molecular complexity index is 1340. The standard InChI is InChI=1S/C26H27ClN4O3/c1-3-4-5-8-31-14-21(25(32)17-9-16-10-18(27)6-7-24(16)34-15-17)19-12-28-22(11-23(19)31)20-13-29-30-26(20)33-2/h6-7,10-14,17H,3-5,8-9,15H2,1-2H3,(H,29,30). The summed E-state index contributed by atoms with van der Waals surface area (Å²) in [6.07, 6.45) is 9.37. The number of halogens is 1. The maximum atomic E-state index is 13.7. The summed E-state index contributed by atoms with van der Waals surface area (Å²) in [7, 11) is 1.59. The number of ketones is 1. The van der Waals surface area contributed by atoms with Gasteiger partial charge in [-0.3, -0.25) is 9.78 Å². The number of unbranched alkanes of at least 4 members (excludes halogenated alkanes) is 2. The summed E-state index contributed by atoms with van der Waals surface area (Å²) in [6, 6.07) is 7.58. The lowest BCUT2D eigenvalue weighted by Gasteiger charge is -2.24. The number of rotatable bonds is 8. The van der Waals surface area contributed by atoms with Gasteiger partial charge in [-0.15, -0.1) is 0 Å². The Kier molecular flexibility index (Phi) is 6.28. The molecular weight excluding hydrogens is 452 g/mol. The molecule has 0 amide bonds. The van der Waals surface area contributed by atoms with E-state index in [9.17, 15) is 4.79 Å². The Hall–Kier alpha value is -3.32. The molecule has 0 fully saturated rings. The molecule has 1 aliphatic rings. The van der Waals surface area contributed by atoms with Crippen LogP contribution in [0.25, 0.3) is 22.2 Å². The predicted molar refractivity (Wildman–Crippen MR) is 132 cm³/mol. The van der Waals surface area contributed by atoms with Crippen LogP contribution in [0.15, 0.2) is 42.9 Å². The van der Waals surface area contributed by atoms with E-state index >= 15 is 0 Å². The molecule has 1 atom stereocenters. The van der Waals surface area contributed by atoms with Gasteiger partial charge in [0.25, 0.3) is 0 Å². The molecule has 1 N–H and O–H groups in total. The Morgan fingerprint density at radius 2 is 2.18 bits per heavy atom. The number of aromatic amines is 1. The lowest BCUT2D eigenvalue weighted by molar-refractivity contribution is 0.0856. The van der Waals surface area contributed by atoms with Crippen molar-refractivity contribution in [1.29, 1.82) is 0 Å². The molecule has 4 aromatic rings. The van der Waals surface area contributed by atoms with Crippen LogP contribution in [0.3, 0.4) is 0 Å². The first-order valence-corrected chi connectivity index (χ1v) is 12.0. The highest BCUT2D eigenvalue weighted by Gasteiger charge is 2.29. The SMILES string of the molecule is CCCCCn1cc(C(=O)C2COc3ccc(Cl)cc3C2)c2cnc(-c3cn[nH]c3OC)cc21. The first kappa shape index (κ1) is 22.5. The number of aromatic nitrogens is 4. The van der Waals surface area contributed by atoms with E-state index in [1.54, 1.807) is 19.5 Å². The second-order valence-corrected chi connectivity index (χ2v) is 9.11. The van der Waals surface area contributed by atoms with E-state index in [1.165, 1.54) is 0 Å². The average molecular weight is 479 g/mol. The van der Waals surface area contributed by atoms with Crippen molar-refractivity contribution < 1.29 is 14.3 Å². The molecule has 3 aromatic heterocycles. The topological polar surface area (TPSA) is 82.0 Å². The van der Waals surface area contributed by atoms with Gasteiger partial charge in [0.2, 0.25) is 5.88 Å². The summed E-state index contributed by atoms with van der Waals surface area (Å²) in [5.41, 5.74) is 4.16. The maximum Gasteiger partial charge on any atom is 0.218 e. The zero-order valence-corrected chi connectivity index (χ0v) is 20.1. The minimum absolute atomic E-state index is 0.0697. The van der Waals surface area contributed by atoms with Crippen molar-refractivity contribution in [2.24, 2.45) is 5.92 Å². The number of aryl methyl sites for hydroxylation is 1. The molecule has 1 aromatic carbocycles. The minimum Gasteiger partial charge on any atom is -0.493 e. The van der Waals surface area contributed by atoms with Crippen LogP contribution in [0.4, 0.5) is 0 Å². The summed E-state index contributed by atoms with van der Waals surface area (Å²) in [6.45, 7) is 3.38. The monoisotopic (exact) mass is 478 g/mol. The quantitative estimate of drug-likeness (QED) is 0.259. The third-order valence-electron chi connectivity index (χ3n) is 6.42. The molecule has 0 radical (unpaired) electrons. The van der Waals surface area contributed by atoms with Crippen molar-refractivity contribution in [3.8, 4) is 22.9 Å². The van der Waals surface area contributed by atoms with E-state index in [2.05, 4.69) is 26.7 Å². The predicted octanol–water partition coefficient (Wildman–Crippen LogP) is 5.71. The molecule has 0 saturated heterocycles. The molecule has 176 valence electrons. The number of fused-ring (bicyclic) bond motifs is 2. The fourth-order valence-electron chi connectivity index (χ4n) is 4.61. The molecule has 4 heterocycles. The summed E-state index contributed by atoms with van der Waals surface area (Å²) >= 11 is 6.17. The van der Waals surface area contributed by atoms with Crippen LogP contribution in [-0.2, 0) is 13.0 Å². The Labute approximate surface area is 203 Å². The van der Waals surface area contributed by atoms with Gasteiger partial charge in [0, 0.05) is 34.9 Å². The molecule has 34 heavy (non-hydrogen) atoms. The zero-order valence-electron chi connectivity index (χ0n) is 19.3. The molecule has 0 aliphatic carbocycles. The third kappa shape index (κ3) is 4.16. The van der Waals surface area contributed by atoms with Crippen molar-refractivity contribution in [1.82, 2.24) is 19.7 Å². The van der Waals surface area contributed by atoms with Crippen LogP contribution >= 0.6 is 11.6 Å². The minimum atomic E-state index is -0.269. The van der Waals surface area contributed by atoms with Gasteiger partial charge in [-0.05, 0) is 42.7 Å². The number of carbonyl (C=O) groups is 1. The van der Waals surface area contributed by atoms with Crippen molar-refractivity contribution in [3.63, 3.8) is 0 Å². The highest BCUT2D eigenvalue weighted by Crippen LogP contribution is 2.34. The van der Waals surface area contributed by atoms with Crippen LogP contribution in [0, 0.1) is 5.92 Å². The normalized spacial score (nSPS) is 15.2. The number of nitrogens with one attached hydrogen (secondary N) is 1. The first-order chi connectivity index (χ1) is 16.6. The van der Waals surface area contributed by atoms with Gasteiger partial charge in [-0.2, -0.15) is 5.10 Å². The number of ether oxygens (including phenoxy) is 2. The molecule has 1 aliphatic heterocycles. The van der Waals surface area contributed by atoms with Gasteiger partial charge in [0.05, 0.1) is 42.6 Å². The molecule has 0 spiro atoms. The lowest BCUT2D eigenvalue weighted by Crippen LogP contribution is -2.28. The number of H-pyrrole nitrogens is 1. The van der Waals surface area contributed by atoms with E-state index in [1.807, 2.05) is 30.5 Å². The summed E-state index contributed by atoms with van der Waals surface area (Å²) < 4.78 is 13.4. The van der Waals surface area contributed by atoms with Gasteiger partial charge < -0.3 is 14.0 Å². The smallest absolute Gasteiger partial charge is 0.218 e. The number of pyridine rings is 1. The Morgan fingerprint density at radius 1 is 1.29 bits per heavy atom. The van der Waals surface area contributed by atoms with Crippen LogP contribution in [0.1, 0.15) is 42.1 Å². The van der Waals surface area contributed by atoms with Crippen molar-refractivity contribution >= 4 is 28.3 Å². The van der Waals surface area contributed by atoms with Crippen molar-refractivity contribution in [2.45, 2.75) is 39.2 Å². The Balaban J connectivity index is 1.52. The number of hydrogen-bond donors (Lipinski definition) is 1. The average Bonchev–Trinajstić information content (AvgIpc) is 3.48. The number of Topliss-reactive ketones (excluding diaryl/α,β-unsaturated/α-hetero) is 1. The lowest BCUT2D eigenvalue weighted by atomic mass is 9.90. The maximum absolute atomic E-state index is 13.7. The number of carbonyl (C=O) groups excluding carboxylic acids is 1. The summed E-state index contributed by atoms with van der Waals surface area (Å²) in [4.78, 5) is 18.3. The second-order valence-electron chi connectivity index (χ2n) is 8.68. The van der Waals surface area contributed by atoms with E-state index in [0.717, 1.165) is 59.3 Å². The number of nitrogens with zero attached hydrogens (tertiary/aromatic N) is 3. The molecule has 1 unspecified atom stereocenters. The first-order valence-electron chi connectivity index (χ1n) is 11.6. The Morgan fingerprint density at radius 3 is 3.00 bits per heavy atom. The van der Waals surface area contributed by atoms with Crippen LogP contribution in [0.2, 0.25) is 5.02 Å². The summed E-state index contributed by atoms with van der Waals surface area (Å²) in [5, 5.41) is 8.42. The number of benzene rings is 1. The molecule has 5 rings (SSSR count). The van der Waals surface area contributed by atoms with Gasteiger partial charge >= 0.3 is 0 Å². The largest absolute Gasteiger partial charge is 0.493 e. The van der Waals surface area contributed by atoms with Gasteiger partial charge in [-0.1, -0.05) is 31.4 Å². The highest BCUT2D eigenvalue weighted by molar-refractivity contribution is 6.30. The second kappa shape index (κ2) is 9.50. The fourth-order valence-corrected chi connectivity index (χ4v) is 4.80. The van der Waals surface area contributed by atoms with E-state index in [4.69, 9.17) is 21.1 Å².